The summed E-state index contributed by atoms with van der Waals surface area (Å²) >= 11 is 0. The van der Waals surface area contributed by atoms with Crippen molar-refractivity contribution >= 4 is 0 Å². The maximum Gasteiger partial charge on any atom is 0.0587 e. The van der Waals surface area contributed by atoms with Gasteiger partial charge in [-0.05, 0) is 25.7 Å². The fraction of sp³-hybridized carbons (Fsp3) is 1.00. The molecule has 0 aromatic carbocycles. The molecule has 0 fully saturated rings. The average Bonchev–Trinajstić information content (AvgIpc) is 2.06. The molecule has 0 aliphatic rings. The van der Waals surface area contributed by atoms with Crippen molar-refractivity contribution in [3.63, 3.8) is 0 Å². The van der Waals surface area contributed by atoms with E-state index in [2.05, 4.69) is 45.3 Å². The van der Waals surface area contributed by atoms with Crippen molar-refractivity contribution in [2.24, 2.45) is 5.41 Å². The summed E-state index contributed by atoms with van der Waals surface area (Å²) in [5, 5.41) is 6.92. The molecule has 16 heavy (non-hydrogen) atoms. The second-order valence-electron chi connectivity index (χ2n) is 6.29. The molecular formula is C13H30N2O. The van der Waals surface area contributed by atoms with E-state index in [0.717, 1.165) is 26.2 Å². The number of nitrogens with one attached hydrogen (secondary N) is 2. The van der Waals surface area contributed by atoms with Crippen LogP contribution in [0.5, 0.6) is 0 Å². The molecule has 3 heteroatoms. The van der Waals surface area contributed by atoms with E-state index >= 15 is 0 Å². The normalized spacial score (nSPS) is 13.1. The SMILES string of the molecule is COCCNCCNC(C)(C)CC(C)(C)C. The highest BCUT2D eigenvalue weighted by Gasteiger charge is 2.24. The van der Waals surface area contributed by atoms with Crippen molar-refractivity contribution in [1.29, 1.82) is 0 Å². The van der Waals surface area contributed by atoms with Crippen LogP contribution in [0, 0.1) is 5.41 Å². The Morgan fingerprint density at radius 3 is 2.06 bits per heavy atom. The number of methoxy groups -OCH3 is 1. The fourth-order valence-corrected chi connectivity index (χ4v) is 2.18. The van der Waals surface area contributed by atoms with Crippen LogP contribution in [0.2, 0.25) is 0 Å². The fourth-order valence-electron chi connectivity index (χ4n) is 2.18. The first kappa shape index (κ1) is 15.9. The van der Waals surface area contributed by atoms with Crippen molar-refractivity contribution in [1.82, 2.24) is 10.6 Å². The number of rotatable bonds is 8. The molecule has 0 radical (unpaired) electrons. The third-order valence-electron chi connectivity index (χ3n) is 2.36. The van der Waals surface area contributed by atoms with E-state index < -0.39 is 0 Å². The summed E-state index contributed by atoms with van der Waals surface area (Å²) in [4.78, 5) is 0. The average molecular weight is 230 g/mol. The standard InChI is InChI=1S/C13H30N2O/c1-12(2,3)11-13(4,5)15-8-7-14-9-10-16-6/h14-15H,7-11H2,1-6H3. The molecule has 0 amide bonds. The number of hydrogen-bond acceptors (Lipinski definition) is 3. The summed E-state index contributed by atoms with van der Waals surface area (Å²) < 4.78 is 4.97. The smallest absolute Gasteiger partial charge is 0.0587 e. The highest BCUT2D eigenvalue weighted by molar-refractivity contribution is 4.83. The van der Waals surface area contributed by atoms with Crippen LogP contribution >= 0.6 is 0 Å². The van der Waals surface area contributed by atoms with Crippen molar-refractivity contribution in [3.05, 3.63) is 0 Å². The van der Waals surface area contributed by atoms with E-state index in [9.17, 15) is 0 Å². The van der Waals surface area contributed by atoms with Gasteiger partial charge >= 0.3 is 0 Å². The lowest BCUT2D eigenvalue weighted by molar-refractivity contribution is 0.198. The Hall–Kier alpha value is -0.120. The van der Waals surface area contributed by atoms with Crippen LogP contribution in [-0.4, -0.2) is 38.9 Å². The predicted molar refractivity (Wildman–Crippen MR) is 70.9 cm³/mol. The molecule has 0 aliphatic carbocycles. The van der Waals surface area contributed by atoms with Gasteiger partial charge in [-0.25, -0.2) is 0 Å². The van der Waals surface area contributed by atoms with E-state index in [1.54, 1.807) is 7.11 Å². The Bertz CT molecular complexity index is 173. The maximum absolute atomic E-state index is 4.97. The Balaban J connectivity index is 3.58. The largest absolute Gasteiger partial charge is 0.383 e. The first-order valence-corrected chi connectivity index (χ1v) is 6.21. The van der Waals surface area contributed by atoms with E-state index in [1.807, 2.05) is 0 Å². The Morgan fingerprint density at radius 1 is 0.938 bits per heavy atom. The van der Waals surface area contributed by atoms with Crippen LogP contribution < -0.4 is 10.6 Å². The summed E-state index contributed by atoms with van der Waals surface area (Å²) in [7, 11) is 1.73. The first-order valence-electron chi connectivity index (χ1n) is 6.21. The van der Waals surface area contributed by atoms with Gasteiger partial charge in [-0.3, -0.25) is 0 Å². The zero-order valence-corrected chi connectivity index (χ0v) is 11.9. The van der Waals surface area contributed by atoms with Gasteiger partial charge in [0.1, 0.15) is 0 Å². The zero-order chi connectivity index (χ0) is 12.7. The Morgan fingerprint density at radius 2 is 1.56 bits per heavy atom. The maximum atomic E-state index is 4.97. The molecule has 0 aliphatic heterocycles. The second kappa shape index (κ2) is 7.25. The van der Waals surface area contributed by atoms with Gasteiger partial charge in [0, 0.05) is 32.3 Å². The molecule has 0 spiro atoms. The highest BCUT2D eigenvalue weighted by atomic mass is 16.5. The molecule has 0 unspecified atom stereocenters. The minimum atomic E-state index is 0.210. The van der Waals surface area contributed by atoms with Gasteiger partial charge in [0.2, 0.25) is 0 Å². The van der Waals surface area contributed by atoms with Crippen LogP contribution in [-0.2, 0) is 4.74 Å². The molecule has 0 rings (SSSR count). The van der Waals surface area contributed by atoms with Gasteiger partial charge in [-0.15, -0.1) is 0 Å². The summed E-state index contributed by atoms with van der Waals surface area (Å²) in [6, 6.07) is 0. The lowest BCUT2D eigenvalue weighted by Gasteiger charge is -2.33. The van der Waals surface area contributed by atoms with Gasteiger partial charge < -0.3 is 15.4 Å². The summed E-state index contributed by atoms with van der Waals surface area (Å²) in [5.74, 6) is 0. The van der Waals surface area contributed by atoms with E-state index in [0.29, 0.717) is 5.41 Å². The quantitative estimate of drug-likeness (QED) is 0.626. The van der Waals surface area contributed by atoms with Gasteiger partial charge in [0.25, 0.3) is 0 Å². The molecule has 2 N–H and O–H groups in total. The number of hydrogen-bond donors (Lipinski definition) is 2. The molecule has 3 nitrogen and oxygen atoms in total. The zero-order valence-electron chi connectivity index (χ0n) is 11.9. The predicted octanol–water partition coefficient (Wildman–Crippen LogP) is 2.03. The van der Waals surface area contributed by atoms with Crippen LogP contribution in [0.15, 0.2) is 0 Å². The first-order chi connectivity index (χ1) is 7.27. The molecular weight excluding hydrogens is 200 g/mol. The summed E-state index contributed by atoms with van der Waals surface area (Å²) in [5.41, 5.74) is 0.584. The van der Waals surface area contributed by atoms with Crippen LogP contribution in [0.4, 0.5) is 0 Å². The lowest BCUT2D eigenvalue weighted by atomic mass is 9.82. The number of ether oxygens (including phenoxy) is 1. The molecule has 98 valence electrons. The molecule has 0 aromatic heterocycles. The molecule has 0 saturated heterocycles. The van der Waals surface area contributed by atoms with Crippen molar-refractivity contribution in [3.8, 4) is 0 Å². The summed E-state index contributed by atoms with van der Waals surface area (Å²) in [6.07, 6.45) is 1.18. The van der Waals surface area contributed by atoms with Crippen molar-refractivity contribution in [2.75, 3.05) is 33.4 Å². The van der Waals surface area contributed by atoms with Crippen molar-refractivity contribution < 1.29 is 4.74 Å². The van der Waals surface area contributed by atoms with Gasteiger partial charge in [0.05, 0.1) is 6.61 Å². The minimum absolute atomic E-state index is 0.210. The molecule has 0 heterocycles. The highest BCUT2D eigenvalue weighted by Crippen LogP contribution is 2.26. The van der Waals surface area contributed by atoms with Crippen molar-refractivity contribution in [2.45, 2.75) is 46.6 Å². The lowest BCUT2D eigenvalue weighted by Crippen LogP contribution is -2.45. The monoisotopic (exact) mass is 230 g/mol. The second-order valence-corrected chi connectivity index (χ2v) is 6.29. The van der Waals surface area contributed by atoms with E-state index in [1.165, 1.54) is 6.42 Å². The molecule has 0 bridgehead atoms. The molecule has 0 atom stereocenters. The third kappa shape index (κ3) is 10.4. The molecule has 0 aromatic rings. The Kier molecular flexibility index (Phi) is 7.20. The van der Waals surface area contributed by atoms with E-state index in [-0.39, 0.29) is 5.54 Å². The van der Waals surface area contributed by atoms with Crippen LogP contribution in [0.25, 0.3) is 0 Å². The van der Waals surface area contributed by atoms with Crippen LogP contribution in [0.3, 0.4) is 0 Å². The molecule has 0 saturated carbocycles. The third-order valence-corrected chi connectivity index (χ3v) is 2.36. The minimum Gasteiger partial charge on any atom is -0.383 e. The van der Waals surface area contributed by atoms with Crippen LogP contribution in [0.1, 0.15) is 41.0 Å². The van der Waals surface area contributed by atoms with Gasteiger partial charge in [-0.1, -0.05) is 20.8 Å². The Labute approximate surface area is 101 Å². The van der Waals surface area contributed by atoms with E-state index in [4.69, 9.17) is 4.74 Å². The van der Waals surface area contributed by atoms with Gasteiger partial charge in [0.15, 0.2) is 0 Å². The van der Waals surface area contributed by atoms with Gasteiger partial charge in [-0.2, -0.15) is 0 Å². The summed E-state index contributed by atoms with van der Waals surface area (Å²) in [6.45, 7) is 15.1. The topological polar surface area (TPSA) is 33.3 Å².